The molecule has 0 aromatic heterocycles. The molecule has 1 aromatic rings. The minimum atomic E-state index is -0.0343. The van der Waals surface area contributed by atoms with Gasteiger partial charge in [0.05, 0.1) is 5.25 Å². The van der Waals surface area contributed by atoms with Gasteiger partial charge in [0.15, 0.2) is 0 Å². The Labute approximate surface area is 142 Å². The molecular formula is C17H25ClN2OS. The van der Waals surface area contributed by atoms with E-state index in [9.17, 15) is 4.79 Å². The Morgan fingerprint density at radius 3 is 2.64 bits per heavy atom. The molecule has 122 valence electrons. The molecule has 1 N–H and O–H groups in total. The highest BCUT2D eigenvalue weighted by atomic mass is 35.5. The van der Waals surface area contributed by atoms with Gasteiger partial charge in [-0.3, -0.25) is 4.79 Å². The number of nitrogens with zero attached hydrogens (tertiary/aromatic N) is 1. The Kier molecular flexibility index (Phi) is 7.56. The molecule has 1 aliphatic heterocycles. The van der Waals surface area contributed by atoms with Crippen LogP contribution < -0.4 is 5.32 Å². The summed E-state index contributed by atoms with van der Waals surface area (Å²) in [6.45, 7) is 6.36. The normalized spacial score (nSPS) is 16.6. The van der Waals surface area contributed by atoms with E-state index in [4.69, 9.17) is 11.6 Å². The van der Waals surface area contributed by atoms with Crippen LogP contribution in [-0.4, -0.2) is 42.2 Å². The van der Waals surface area contributed by atoms with Crippen molar-refractivity contribution in [1.82, 2.24) is 10.2 Å². The number of carbonyl (C=O) groups is 1. The summed E-state index contributed by atoms with van der Waals surface area (Å²) in [5, 5.41) is 3.77. The number of likely N-dealkylation sites (tertiary alicyclic amines) is 1. The quantitative estimate of drug-likeness (QED) is 0.577. The Morgan fingerprint density at radius 1 is 1.32 bits per heavy atom. The number of hydrogen-bond donors (Lipinski definition) is 1. The molecule has 1 aromatic carbocycles. The molecular weight excluding hydrogens is 316 g/mol. The molecule has 1 amide bonds. The van der Waals surface area contributed by atoms with Gasteiger partial charge in [0, 0.05) is 16.5 Å². The first-order valence-electron chi connectivity index (χ1n) is 8.11. The minimum Gasteiger partial charge on any atom is -0.355 e. The molecule has 22 heavy (non-hydrogen) atoms. The van der Waals surface area contributed by atoms with E-state index < -0.39 is 0 Å². The van der Waals surface area contributed by atoms with Crippen LogP contribution in [0.4, 0.5) is 0 Å². The third kappa shape index (κ3) is 5.82. The van der Waals surface area contributed by atoms with Gasteiger partial charge >= 0.3 is 0 Å². The van der Waals surface area contributed by atoms with Crippen molar-refractivity contribution in [2.45, 2.75) is 42.8 Å². The zero-order chi connectivity index (χ0) is 15.8. The standard InChI is InChI=1S/C17H25ClN2OS/c1-2-16(22-15-8-6-14(18)7-9-15)17(21)19-10-5-13-20-11-3-4-12-20/h6-9,16H,2-5,10-13H2,1H3,(H,19,21). The summed E-state index contributed by atoms with van der Waals surface area (Å²) in [4.78, 5) is 15.8. The van der Waals surface area contributed by atoms with Crippen molar-refractivity contribution in [1.29, 1.82) is 0 Å². The summed E-state index contributed by atoms with van der Waals surface area (Å²) in [6, 6.07) is 7.67. The second kappa shape index (κ2) is 9.43. The van der Waals surface area contributed by atoms with Crippen LogP contribution in [0.3, 0.4) is 0 Å². The maximum Gasteiger partial charge on any atom is 0.233 e. The SMILES string of the molecule is CCC(Sc1ccc(Cl)cc1)C(=O)NCCCN1CCCC1. The third-order valence-corrected chi connectivity index (χ3v) is 5.53. The van der Waals surface area contributed by atoms with Crippen molar-refractivity contribution >= 4 is 29.3 Å². The van der Waals surface area contributed by atoms with Gasteiger partial charge in [0.1, 0.15) is 0 Å². The van der Waals surface area contributed by atoms with Gasteiger partial charge in [0.25, 0.3) is 0 Å². The maximum atomic E-state index is 12.3. The molecule has 1 saturated heterocycles. The summed E-state index contributed by atoms with van der Waals surface area (Å²) < 4.78 is 0. The van der Waals surface area contributed by atoms with Crippen molar-refractivity contribution < 1.29 is 4.79 Å². The van der Waals surface area contributed by atoms with Crippen molar-refractivity contribution in [3.8, 4) is 0 Å². The van der Waals surface area contributed by atoms with Gasteiger partial charge in [-0.2, -0.15) is 0 Å². The lowest BCUT2D eigenvalue weighted by Gasteiger charge is -2.17. The fourth-order valence-corrected chi connectivity index (χ4v) is 3.74. The first kappa shape index (κ1) is 17.6. The van der Waals surface area contributed by atoms with Gasteiger partial charge in [-0.05, 0) is 69.6 Å². The molecule has 0 bridgehead atoms. The Hall–Kier alpha value is -0.710. The van der Waals surface area contributed by atoms with Crippen molar-refractivity contribution in [2.75, 3.05) is 26.2 Å². The lowest BCUT2D eigenvalue weighted by atomic mass is 10.3. The van der Waals surface area contributed by atoms with Gasteiger partial charge in [-0.15, -0.1) is 11.8 Å². The number of benzene rings is 1. The van der Waals surface area contributed by atoms with Gasteiger partial charge in [0.2, 0.25) is 5.91 Å². The fourth-order valence-electron chi connectivity index (χ4n) is 2.63. The van der Waals surface area contributed by atoms with Crippen LogP contribution in [0, 0.1) is 0 Å². The highest BCUT2D eigenvalue weighted by Crippen LogP contribution is 2.26. The summed E-state index contributed by atoms with van der Waals surface area (Å²) in [6.07, 6.45) is 4.50. The molecule has 3 nitrogen and oxygen atoms in total. The fraction of sp³-hybridized carbons (Fsp3) is 0.588. The van der Waals surface area contributed by atoms with Crippen LogP contribution in [-0.2, 0) is 4.79 Å². The van der Waals surface area contributed by atoms with Crippen LogP contribution in [0.5, 0.6) is 0 Å². The molecule has 5 heteroatoms. The monoisotopic (exact) mass is 340 g/mol. The lowest BCUT2D eigenvalue weighted by molar-refractivity contribution is -0.120. The average Bonchev–Trinajstić information content (AvgIpc) is 3.04. The smallest absolute Gasteiger partial charge is 0.233 e. The van der Waals surface area contributed by atoms with Crippen LogP contribution in [0.2, 0.25) is 5.02 Å². The van der Waals surface area contributed by atoms with Crippen LogP contribution in [0.1, 0.15) is 32.6 Å². The number of halogens is 1. The topological polar surface area (TPSA) is 32.3 Å². The molecule has 0 aliphatic carbocycles. The van der Waals surface area contributed by atoms with E-state index >= 15 is 0 Å². The lowest BCUT2D eigenvalue weighted by Crippen LogP contribution is -2.34. The van der Waals surface area contributed by atoms with E-state index in [1.54, 1.807) is 11.8 Å². The molecule has 1 heterocycles. The highest BCUT2D eigenvalue weighted by Gasteiger charge is 2.17. The number of nitrogens with one attached hydrogen (secondary N) is 1. The van der Waals surface area contributed by atoms with Gasteiger partial charge in [-0.25, -0.2) is 0 Å². The van der Waals surface area contributed by atoms with Crippen LogP contribution in [0.25, 0.3) is 0 Å². The zero-order valence-corrected chi connectivity index (χ0v) is 14.8. The van der Waals surface area contributed by atoms with Gasteiger partial charge in [-0.1, -0.05) is 18.5 Å². The van der Waals surface area contributed by atoms with Gasteiger partial charge < -0.3 is 10.2 Å². The predicted molar refractivity (Wildman–Crippen MR) is 94.7 cm³/mol. The minimum absolute atomic E-state index is 0.0343. The molecule has 1 unspecified atom stereocenters. The Morgan fingerprint density at radius 2 is 2.00 bits per heavy atom. The number of amides is 1. The number of carbonyl (C=O) groups excluding carboxylic acids is 1. The van der Waals surface area contributed by atoms with E-state index in [2.05, 4.69) is 17.1 Å². The van der Waals surface area contributed by atoms with Crippen LogP contribution >= 0.6 is 23.4 Å². The largest absolute Gasteiger partial charge is 0.355 e. The summed E-state index contributed by atoms with van der Waals surface area (Å²) >= 11 is 7.50. The molecule has 1 atom stereocenters. The highest BCUT2D eigenvalue weighted by molar-refractivity contribution is 8.00. The molecule has 0 saturated carbocycles. The van der Waals surface area contributed by atoms with E-state index in [-0.39, 0.29) is 11.2 Å². The second-order valence-electron chi connectivity index (χ2n) is 5.66. The summed E-state index contributed by atoms with van der Waals surface area (Å²) in [7, 11) is 0. The Balaban J connectivity index is 1.70. The summed E-state index contributed by atoms with van der Waals surface area (Å²) in [5.74, 6) is 0.142. The van der Waals surface area contributed by atoms with E-state index in [0.717, 1.165) is 35.8 Å². The molecule has 0 spiro atoms. The first-order valence-corrected chi connectivity index (χ1v) is 9.37. The Bertz CT molecular complexity index is 460. The summed E-state index contributed by atoms with van der Waals surface area (Å²) in [5.41, 5.74) is 0. The van der Waals surface area contributed by atoms with E-state index in [1.807, 2.05) is 24.3 Å². The van der Waals surface area contributed by atoms with E-state index in [1.165, 1.54) is 25.9 Å². The average molecular weight is 341 g/mol. The number of rotatable bonds is 8. The molecule has 1 fully saturated rings. The van der Waals surface area contributed by atoms with Crippen molar-refractivity contribution in [2.24, 2.45) is 0 Å². The van der Waals surface area contributed by atoms with Crippen molar-refractivity contribution in [3.63, 3.8) is 0 Å². The van der Waals surface area contributed by atoms with Crippen LogP contribution in [0.15, 0.2) is 29.2 Å². The maximum absolute atomic E-state index is 12.3. The number of hydrogen-bond acceptors (Lipinski definition) is 3. The molecule has 1 aliphatic rings. The zero-order valence-electron chi connectivity index (χ0n) is 13.2. The van der Waals surface area contributed by atoms with Crippen molar-refractivity contribution in [3.05, 3.63) is 29.3 Å². The first-order chi connectivity index (χ1) is 10.7. The number of thioether (sulfide) groups is 1. The molecule has 0 radical (unpaired) electrons. The van der Waals surface area contributed by atoms with E-state index in [0.29, 0.717) is 0 Å². The third-order valence-electron chi connectivity index (χ3n) is 3.90. The predicted octanol–water partition coefficient (Wildman–Crippen LogP) is 3.81. The second-order valence-corrected chi connectivity index (χ2v) is 7.37. The molecule has 2 rings (SSSR count).